The molecule has 0 saturated carbocycles. The molecule has 0 unspecified atom stereocenters. The molecule has 0 fully saturated rings. The highest BCUT2D eigenvalue weighted by Gasteiger charge is 2.41. The van der Waals surface area contributed by atoms with Crippen LogP contribution in [0.1, 0.15) is 33.5 Å². The average Bonchev–Trinajstić information content (AvgIpc) is 3.07. The fraction of sp³-hybridized carbons (Fsp3) is 0.250. The number of nitrogens with one attached hydrogen (secondary N) is 1. The lowest BCUT2D eigenvalue weighted by molar-refractivity contribution is -0.189. The molecule has 0 saturated heterocycles. The van der Waals surface area contributed by atoms with Gasteiger partial charge in [-0.2, -0.15) is 13.2 Å². The Bertz CT molecular complexity index is 1630. The standard InChI is InChI=1S/C36H36F3N3O5/c37-36(38,39)35(45)47-32-15-13-26(14-16-32)17-20-42(33(43)25-46-24-27-7-2-1-3-8-27)23-28-9-4-10-29(21-28)30-11-5-12-31(22-30)34(44)41-19-6-18-40/h1-5,7-16,21-22H,6,17-20,23-25,40H2,(H,41,44). The number of nitrogens with zero attached hydrogens (tertiary/aromatic N) is 1. The summed E-state index contributed by atoms with van der Waals surface area (Å²) < 4.78 is 47.7. The Balaban J connectivity index is 1.46. The molecule has 0 aromatic heterocycles. The number of esters is 1. The molecule has 47 heavy (non-hydrogen) atoms. The quantitative estimate of drug-likeness (QED) is 0.0975. The van der Waals surface area contributed by atoms with E-state index >= 15 is 0 Å². The molecule has 0 heterocycles. The summed E-state index contributed by atoms with van der Waals surface area (Å²) in [7, 11) is 0. The minimum atomic E-state index is -5.10. The van der Waals surface area contributed by atoms with E-state index < -0.39 is 12.1 Å². The van der Waals surface area contributed by atoms with Crippen molar-refractivity contribution >= 4 is 17.8 Å². The summed E-state index contributed by atoms with van der Waals surface area (Å²) >= 11 is 0. The normalized spacial score (nSPS) is 11.1. The first-order valence-electron chi connectivity index (χ1n) is 15.1. The highest BCUT2D eigenvalue weighted by atomic mass is 19.4. The Hall–Kier alpha value is -5.00. The number of ether oxygens (including phenoxy) is 2. The molecule has 0 aliphatic heterocycles. The lowest BCUT2D eigenvalue weighted by atomic mass is 10.0. The number of benzene rings is 4. The van der Waals surface area contributed by atoms with Crippen molar-refractivity contribution in [2.75, 3.05) is 26.2 Å². The fourth-order valence-corrected chi connectivity index (χ4v) is 4.68. The van der Waals surface area contributed by atoms with Gasteiger partial charge >= 0.3 is 12.1 Å². The van der Waals surface area contributed by atoms with Gasteiger partial charge in [0.1, 0.15) is 12.4 Å². The summed E-state index contributed by atoms with van der Waals surface area (Å²) in [4.78, 5) is 38.8. The number of rotatable bonds is 15. The molecule has 3 N–H and O–H groups in total. The Labute approximate surface area is 271 Å². The van der Waals surface area contributed by atoms with Crippen LogP contribution in [0.4, 0.5) is 13.2 Å². The number of halogens is 3. The smallest absolute Gasteiger partial charge is 0.420 e. The number of hydrogen-bond donors (Lipinski definition) is 2. The highest BCUT2D eigenvalue weighted by molar-refractivity contribution is 5.95. The zero-order chi connectivity index (χ0) is 33.6. The van der Waals surface area contributed by atoms with Gasteiger partial charge in [0, 0.05) is 25.2 Å². The molecule has 4 aromatic rings. The van der Waals surface area contributed by atoms with Gasteiger partial charge in [-0.3, -0.25) is 9.59 Å². The van der Waals surface area contributed by atoms with Crippen molar-refractivity contribution in [3.05, 3.63) is 125 Å². The molecule has 0 aliphatic rings. The van der Waals surface area contributed by atoms with Gasteiger partial charge < -0.3 is 25.4 Å². The summed E-state index contributed by atoms with van der Waals surface area (Å²) in [5.41, 5.74) is 10.3. The maximum absolute atomic E-state index is 13.4. The first-order valence-corrected chi connectivity index (χ1v) is 15.1. The second kappa shape index (κ2) is 17.1. The van der Waals surface area contributed by atoms with E-state index in [1.54, 1.807) is 23.1 Å². The topological polar surface area (TPSA) is 111 Å². The van der Waals surface area contributed by atoms with E-state index in [4.69, 9.17) is 10.5 Å². The van der Waals surface area contributed by atoms with Crippen LogP contribution in [0.5, 0.6) is 5.75 Å². The number of nitrogens with two attached hydrogens (primary N) is 1. The van der Waals surface area contributed by atoms with Gasteiger partial charge in [0.25, 0.3) is 5.91 Å². The molecular weight excluding hydrogens is 611 g/mol. The van der Waals surface area contributed by atoms with Crippen LogP contribution in [0, 0.1) is 0 Å². The fourth-order valence-electron chi connectivity index (χ4n) is 4.68. The predicted molar refractivity (Wildman–Crippen MR) is 171 cm³/mol. The van der Waals surface area contributed by atoms with Crippen LogP contribution >= 0.6 is 0 Å². The van der Waals surface area contributed by atoms with Crippen LogP contribution in [-0.4, -0.2) is 55.1 Å². The molecular formula is C36H36F3N3O5. The van der Waals surface area contributed by atoms with Gasteiger partial charge in [-0.15, -0.1) is 0 Å². The lowest BCUT2D eigenvalue weighted by Gasteiger charge is -2.23. The van der Waals surface area contributed by atoms with Crippen molar-refractivity contribution in [1.82, 2.24) is 10.2 Å². The Morgan fingerprint density at radius 3 is 2.17 bits per heavy atom. The molecule has 4 rings (SSSR count). The van der Waals surface area contributed by atoms with Crippen molar-refractivity contribution in [1.29, 1.82) is 0 Å². The van der Waals surface area contributed by atoms with Crippen molar-refractivity contribution in [3.8, 4) is 16.9 Å². The summed E-state index contributed by atoms with van der Waals surface area (Å²) in [5.74, 6) is -2.95. The SMILES string of the molecule is NCCCNC(=O)c1cccc(-c2cccc(CN(CCc3ccc(OC(=O)C(F)(F)F)cc3)C(=O)COCc3ccccc3)c2)c1. The maximum atomic E-state index is 13.4. The van der Waals surface area contributed by atoms with E-state index in [0.717, 1.165) is 27.8 Å². The maximum Gasteiger partial charge on any atom is 0.491 e. The van der Waals surface area contributed by atoms with E-state index in [2.05, 4.69) is 10.1 Å². The van der Waals surface area contributed by atoms with E-state index in [9.17, 15) is 27.6 Å². The Kier molecular flexibility index (Phi) is 12.7. The van der Waals surface area contributed by atoms with E-state index in [-0.39, 0.29) is 43.9 Å². The molecule has 0 atom stereocenters. The summed E-state index contributed by atoms with van der Waals surface area (Å²) in [6, 6.07) is 30.1. The number of amides is 2. The number of hydrogen-bond acceptors (Lipinski definition) is 6. The summed E-state index contributed by atoms with van der Waals surface area (Å²) in [6.07, 6.45) is -4.02. The summed E-state index contributed by atoms with van der Waals surface area (Å²) in [6.45, 7) is 1.65. The minimum absolute atomic E-state index is 0.151. The molecule has 2 amide bonds. The first kappa shape index (κ1) is 34.9. The zero-order valence-corrected chi connectivity index (χ0v) is 25.7. The molecule has 8 nitrogen and oxygen atoms in total. The third kappa shape index (κ3) is 11.1. The highest BCUT2D eigenvalue weighted by Crippen LogP contribution is 2.24. The van der Waals surface area contributed by atoms with Crippen LogP contribution in [0.15, 0.2) is 103 Å². The molecule has 246 valence electrons. The number of carbonyl (C=O) groups excluding carboxylic acids is 3. The molecule has 0 spiro atoms. The zero-order valence-electron chi connectivity index (χ0n) is 25.7. The van der Waals surface area contributed by atoms with Crippen LogP contribution in [-0.2, 0) is 33.9 Å². The number of alkyl halides is 3. The van der Waals surface area contributed by atoms with Crippen molar-refractivity contribution in [2.45, 2.75) is 32.2 Å². The van der Waals surface area contributed by atoms with Gasteiger partial charge in [0.2, 0.25) is 5.91 Å². The second-order valence-electron chi connectivity index (χ2n) is 10.8. The summed E-state index contributed by atoms with van der Waals surface area (Å²) in [5, 5.41) is 2.86. The van der Waals surface area contributed by atoms with E-state index in [1.165, 1.54) is 12.1 Å². The van der Waals surface area contributed by atoms with Crippen molar-refractivity contribution < 1.29 is 37.0 Å². The molecule has 0 aliphatic carbocycles. The van der Waals surface area contributed by atoms with Crippen LogP contribution in [0.3, 0.4) is 0 Å². The van der Waals surface area contributed by atoms with Crippen LogP contribution in [0.2, 0.25) is 0 Å². The average molecular weight is 648 g/mol. The monoisotopic (exact) mass is 647 g/mol. The van der Waals surface area contributed by atoms with Gasteiger partial charge in [-0.1, -0.05) is 72.8 Å². The lowest BCUT2D eigenvalue weighted by Crippen LogP contribution is -2.35. The molecule has 0 bridgehead atoms. The predicted octanol–water partition coefficient (Wildman–Crippen LogP) is 5.69. The van der Waals surface area contributed by atoms with Crippen molar-refractivity contribution in [3.63, 3.8) is 0 Å². The van der Waals surface area contributed by atoms with Crippen LogP contribution in [0.25, 0.3) is 11.1 Å². The van der Waals surface area contributed by atoms with E-state index in [0.29, 0.717) is 31.5 Å². The molecule has 4 aromatic carbocycles. The van der Waals surface area contributed by atoms with Gasteiger partial charge in [0.05, 0.1) is 6.61 Å². The minimum Gasteiger partial charge on any atom is -0.420 e. The van der Waals surface area contributed by atoms with Gasteiger partial charge in [0.15, 0.2) is 0 Å². The largest absolute Gasteiger partial charge is 0.491 e. The van der Waals surface area contributed by atoms with Gasteiger partial charge in [-0.05, 0) is 77.5 Å². The van der Waals surface area contributed by atoms with Gasteiger partial charge in [-0.25, -0.2) is 4.79 Å². The van der Waals surface area contributed by atoms with Crippen molar-refractivity contribution in [2.24, 2.45) is 5.73 Å². The van der Waals surface area contributed by atoms with E-state index in [1.807, 2.05) is 72.8 Å². The second-order valence-corrected chi connectivity index (χ2v) is 10.8. The Morgan fingerprint density at radius 2 is 1.47 bits per heavy atom. The molecule has 11 heteroatoms. The number of carbonyl (C=O) groups is 3. The third-order valence-corrected chi connectivity index (χ3v) is 7.15. The Morgan fingerprint density at radius 1 is 0.787 bits per heavy atom. The molecule has 0 radical (unpaired) electrons. The third-order valence-electron chi connectivity index (χ3n) is 7.15. The van der Waals surface area contributed by atoms with Crippen LogP contribution < -0.4 is 15.8 Å². The first-order chi connectivity index (χ1) is 22.6.